The molecule has 0 saturated heterocycles. The zero-order valence-electron chi connectivity index (χ0n) is 8.68. The molecule has 1 aromatic heterocycles. The second kappa shape index (κ2) is 4.61. The fraction of sp³-hybridized carbons (Fsp3) is 0.556. The molecule has 1 aliphatic rings. The van der Waals surface area contributed by atoms with Crippen molar-refractivity contribution in [1.29, 1.82) is 0 Å². The van der Waals surface area contributed by atoms with Gasteiger partial charge in [0, 0.05) is 31.1 Å². The third-order valence-corrected chi connectivity index (χ3v) is 2.79. The van der Waals surface area contributed by atoms with Gasteiger partial charge in [-0.15, -0.1) is 11.6 Å². The zero-order valence-corrected chi connectivity index (χ0v) is 9.43. The van der Waals surface area contributed by atoms with Crippen LogP contribution in [0.2, 0.25) is 0 Å². The summed E-state index contributed by atoms with van der Waals surface area (Å²) in [4.78, 5) is 24.6. The number of aromatic amines is 2. The number of hydrogen-bond acceptors (Lipinski definition) is 2. The van der Waals surface area contributed by atoms with Gasteiger partial charge in [-0.25, -0.2) is 4.79 Å². The highest BCUT2D eigenvalue weighted by atomic mass is 35.5. The SMILES string of the molecule is O=C(NCCCl)N1CCc2[nH][nH]c(=O)c2C1. The monoisotopic (exact) mass is 244 g/mol. The fourth-order valence-electron chi connectivity index (χ4n) is 1.76. The van der Waals surface area contributed by atoms with Crippen molar-refractivity contribution in [2.75, 3.05) is 19.0 Å². The summed E-state index contributed by atoms with van der Waals surface area (Å²) >= 11 is 5.48. The van der Waals surface area contributed by atoms with Crippen LogP contribution in [0.15, 0.2) is 4.79 Å². The number of hydrogen-bond donors (Lipinski definition) is 3. The number of fused-ring (bicyclic) bond motifs is 1. The van der Waals surface area contributed by atoms with Crippen LogP contribution in [0.3, 0.4) is 0 Å². The number of alkyl halides is 1. The predicted molar refractivity (Wildman–Crippen MR) is 59.6 cm³/mol. The Labute approximate surface area is 96.9 Å². The van der Waals surface area contributed by atoms with Gasteiger partial charge in [0.1, 0.15) is 0 Å². The number of nitrogens with one attached hydrogen (secondary N) is 3. The Balaban J connectivity index is 2.04. The smallest absolute Gasteiger partial charge is 0.317 e. The maximum Gasteiger partial charge on any atom is 0.317 e. The molecular weight excluding hydrogens is 232 g/mol. The molecular formula is C9H13ClN4O2. The molecule has 88 valence electrons. The summed E-state index contributed by atoms with van der Waals surface area (Å²) < 4.78 is 0. The standard InChI is InChI=1S/C9H13ClN4O2/c10-2-3-11-9(16)14-4-1-7-6(5-14)8(15)13-12-7/h1-5H2,(H,11,16)(H2,12,13,15). The first-order valence-electron chi connectivity index (χ1n) is 5.09. The van der Waals surface area contributed by atoms with Gasteiger partial charge in [-0.3, -0.25) is 9.89 Å². The van der Waals surface area contributed by atoms with Gasteiger partial charge in [0.25, 0.3) is 5.56 Å². The Kier molecular flexibility index (Phi) is 3.19. The lowest BCUT2D eigenvalue weighted by molar-refractivity contribution is 0.192. The van der Waals surface area contributed by atoms with E-state index in [0.29, 0.717) is 37.5 Å². The Morgan fingerprint density at radius 3 is 3.06 bits per heavy atom. The van der Waals surface area contributed by atoms with Gasteiger partial charge in [-0.1, -0.05) is 0 Å². The van der Waals surface area contributed by atoms with Crippen molar-refractivity contribution in [3.05, 3.63) is 21.6 Å². The Morgan fingerprint density at radius 1 is 1.50 bits per heavy atom. The van der Waals surface area contributed by atoms with E-state index in [1.165, 1.54) is 0 Å². The molecule has 0 spiro atoms. The average Bonchev–Trinajstić information content (AvgIpc) is 2.67. The predicted octanol–water partition coefficient (Wildman–Crippen LogP) is 0.00950. The molecule has 6 nitrogen and oxygen atoms in total. The van der Waals surface area contributed by atoms with E-state index >= 15 is 0 Å². The van der Waals surface area contributed by atoms with Crippen LogP contribution in [0, 0.1) is 0 Å². The van der Waals surface area contributed by atoms with E-state index in [1.807, 2.05) is 0 Å². The third kappa shape index (κ3) is 2.06. The number of nitrogens with zero attached hydrogens (tertiary/aromatic N) is 1. The maximum atomic E-state index is 11.6. The van der Waals surface area contributed by atoms with E-state index in [-0.39, 0.29) is 11.6 Å². The normalized spacial score (nSPS) is 14.7. The van der Waals surface area contributed by atoms with Crippen molar-refractivity contribution >= 4 is 17.6 Å². The largest absolute Gasteiger partial charge is 0.337 e. The number of H-pyrrole nitrogens is 2. The van der Waals surface area contributed by atoms with Crippen LogP contribution >= 0.6 is 11.6 Å². The molecule has 0 radical (unpaired) electrons. The second-order valence-corrected chi connectivity index (χ2v) is 4.01. The molecule has 0 saturated carbocycles. The lowest BCUT2D eigenvalue weighted by atomic mass is 10.1. The molecule has 1 aliphatic heterocycles. The molecule has 1 aromatic rings. The average molecular weight is 245 g/mol. The molecule has 0 atom stereocenters. The van der Waals surface area contributed by atoms with E-state index in [9.17, 15) is 9.59 Å². The van der Waals surface area contributed by atoms with Crippen LogP contribution in [0.25, 0.3) is 0 Å². The highest BCUT2D eigenvalue weighted by molar-refractivity contribution is 6.18. The molecule has 2 amide bonds. The van der Waals surface area contributed by atoms with Gasteiger partial charge in [-0.2, -0.15) is 0 Å². The Morgan fingerprint density at radius 2 is 2.31 bits per heavy atom. The number of amides is 2. The minimum Gasteiger partial charge on any atom is -0.337 e. The van der Waals surface area contributed by atoms with Crippen molar-refractivity contribution < 1.29 is 4.79 Å². The van der Waals surface area contributed by atoms with Crippen LogP contribution in [-0.4, -0.2) is 40.1 Å². The molecule has 3 N–H and O–H groups in total. The van der Waals surface area contributed by atoms with Crippen LogP contribution in [0.4, 0.5) is 4.79 Å². The van der Waals surface area contributed by atoms with Crippen LogP contribution in [-0.2, 0) is 13.0 Å². The summed E-state index contributed by atoms with van der Waals surface area (Å²) in [6.07, 6.45) is 0.669. The first-order chi connectivity index (χ1) is 7.72. The number of urea groups is 1. The highest BCUT2D eigenvalue weighted by Crippen LogP contribution is 2.12. The number of rotatable bonds is 2. The molecule has 0 aliphatic carbocycles. The van der Waals surface area contributed by atoms with Crippen molar-refractivity contribution in [2.24, 2.45) is 0 Å². The van der Waals surface area contributed by atoms with E-state index < -0.39 is 0 Å². The summed E-state index contributed by atoms with van der Waals surface area (Å²) in [6, 6.07) is -0.174. The van der Waals surface area contributed by atoms with Gasteiger partial charge < -0.3 is 15.3 Å². The first-order valence-corrected chi connectivity index (χ1v) is 5.63. The topological polar surface area (TPSA) is 81.0 Å². The van der Waals surface area contributed by atoms with E-state index in [0.717, 1.165) is 5.69 Å². The number of halogens is 1. The summed E-state index contributed by atoms with van der Waals surface area (Å²) in [5.41, 5.74) is 1.39. The summed E-state index contributed by atoms with van der Waals surface area (Å²) in [5, 5.41) is 8.01. The fourth-order valence-corrected chi connectivity index (χ4v) is 1.85. The molecule has 0 bridgehead atoms. The summed E-state index contributed by atoms with van der Waals surface area (Å²) in [6.45, 7) is 1.39. The van der Waals surface area contributed by atoms with Crippen LogP contribution in [0.1, 0.15) is 11.3 Å². The minimum absolute atomic E-state index is 0.148. The number of carbonyl (C=O) groups is 1. The molecule has 0 unspecified atom stereocenters. The quantitative estimate of drug-likeness (QED) is 0.641. The van der Waals surface area contributed by atoms with Gasteiger partial charge in [0.15, 0.2) is 0 Å². The van der Waals surface area contributed by atoms with Crippen molar-refractivity contribution in [3.63, 3.8) is 0 Å². The van der Waals surface area contributed by atoms with E-state index in [1.54, 1.807) is 4.90 Å². The minimum atomic E-state index is -0.174. The number of carbonyl (C=O) groups excluding carboxylic acids is 1. The third-order valence-electron chi connectivity index (χ3n) is 2.60. The summed E-state index contributed by atoms with van der Waals surface area (Å²) in [7, 11) is 0. The van der Waals surface area contributed by atoms with Gasteiger partial charge in [0.2, 0.25) is 0 Å². The lowest BCUT2D eigenvalue weighted by Crippen LogP contribution is -2.44. The van der Waals surface area contributed by atoms with Crippen molar-refractivity contribution in [1.82, 2.24) is 20.4 Å². The summed E-state index contributed by atoms with van der Waals surface area (Å²) in [5.74, 6) is 0.384. The van der Waals surface area contributed by atoms with Gasteiger partial charge in [0.05, 0.1) is 12.1 Å². The van der Waals surface area contributed by atoms with E-state index in [2.05, 4.69) is 15.5 Å². The molecule has 2 rings (SSSR count). The van der Waals surface area contributed by atoms with Gasteiger partial charge in [-0.05, 0) is 0 Å². The van der Waals surface area contributed by atoms with Crippen molar-refractivity contribution in [2.45, 2.75) is 13.0 Å². The molecule has 0 aromatic carbocycles. The number of aromatic nitrogens is 2. The maximum absolute atomic E-state index is 11.6. The lowest BCUT2D eigenvalue weighted by Gasteiger charge is -2.26. The second-order valence-electron chi connectivity index (χ2n) is 3.63. The van der Waals surface area contributed by atoms with Gasteiger partial charge >= 0.3 is 6.03 Å². The van der Waals surface area contributed by atoms with Crippen molar-refractivity contribution in [3.8, 4) is 0 Å². The molecule has 2 heterocycles. The molecule has 16 heavy (non-hydrogen) atoms. The Hall–Kier alpha value is -1.43. The van der Waals surface area contributed by atoms with Crippen LogP contribution < -0.4 is 10.9 Å². The molecule has 0 fully saturated rings. The zero-order chi connectivity index (χ0) is 11.5. The van der Waals surface area contributed by atoms with Crippen LogP contribution in [0.5, 0.6) is 0 Å². The first kappa shape index (κ1) is 11.1. The Bertz CT molecular complexity index is 439. The van der Waals surface area contributed by atoms with E-state index in [4.69, 9.17) is 11.6 Å². The highest BCUT2D eigenvalue weighted by Gasteiger charge is 2.23. The molecule has 7 heteroatoms.